The number of hydrogen-bond acceptors (Lipinski definition) is 4. The number of methoxy groups -OCH3 is 1. The minimum Gasteiger partial charge on any atom is -0.545 e. The summed E-state index contributed by atoms with van der Waals surface area (Å²) >= 11 is 0. The molecule has 4 heteroatoms. The standard InChI is InChI=1S/C22H23NO3/c1-26-17-8-3-2-5-14(17)21-19-13-10-9-12(11-13)18(19)15-6-4-7-16(22(24)25)20(15)23-21/h2-8,12-13,18-19,21,23H,9-11H2,1H3,(H,24,25)/p-1/t12-,13+,18+,19-,21-/m0/s1. The zero-order chi connectivity index (χ0) is 17.8. The maximum absolute atomic E-state index is 11.7. The maximum Gasteiger partial charge on any atom is 0.124 e. The van der Waals surface area contributed by atoms with Gasteiger partial charge in [-0.05, 0) is 54.6 Å². The van der Waals surface area contributed by atoms with Crippen molar-refractivity contribution < 1.29 is 14.6 Å². The second-order valence-corrected chi connectivity index (χ2v) is 7.86. The van der Waals surface area contributed by atoms with Gasteiger partial charge in [-0.25, -0.2) is 0 Å². The van der Waals surface area contributed by atoms with E-state index >= 15 is 0 Å². The van der Waals surface area contributed by atoms with Gasteiger partial charge in [-0.1, -0.05) is 36.4 Å². The number of carbonyl (C=O) groups excluding carboxylic acids is 1. The number of rotatable bonds is 3. The van der Waals surface area contributed by atoms with Crippen LogP contribution in [0, 0.1) is 17.8 Å². The molecule has 2 fully saturated rings. The van der Waals surface area contributed by atoms with E-state index in [0.29, 0.717) is 23.7 Å². The Balaban J connectivity index is 1.69. The van der Waals surface area contributed by atoms with Gasteiger partial charge in [-0.15, -0.1) is 0 Å². The average molecular weight is 348 g/mol. The molecule has 0 spiro atoms. The number of fused-ring (bicyclic) bond motifs is 7. The van der Waals surface area contributed by atoms with Crippen molar-refractivity contribution in [2.24, 2.45) is 17.8 Å². The summed E-state index contributed by atoms with van der Waals surface area (Å²) in [5.74, 6) is 1.98. The Morgan fingerprint density at radius 2 is 1.85 bits per heavy atom. The van der Waals surface area contributed by atoms with Crippen molar-refractivity contribution in [3.63, 3.8) is 0 Å². The van der Waals surface area contributed by atoms with Crippen LogP contribution in [0.2, 0.25) is 0 Å². The molecule has 0 unspecified atom stereocenters. The van der Waals surface area contributed by atoms with Gasteiger partial charge >= 0.3 is 0 Å². The predicted octanol–water partition coefficient (Wildman–Crippen LogP) is 3.36. The third-order valence-corrected chi connectivity index (χ3v) is 6.82. The van der Waals surface area contributed by atoms with E-state index < -0.39 is 5.97 Å². The normalized spacial score (nSPS) is 31.0. The van der Waals surface area contributed by atoms with E-state index in [1.54, 1.807) is 13.2 Å². The Hall–Kier alpha value is -2.49. The number of carbonyl (C=O) groups is 1. The smallest absolute Gasteiger partial charge is 0.124 e. The van der Waals surface area contributed by atoms with Gasteiger partial charge in [0, 0.05) is 16.8 Å². The minimum absolute atomic E-state index is 0.0689. The van der Waals surface area contributed by atoms with Gasteiger partial charge in [-0.2, -0.15) is 0 Å². The number of para-hydroxylation sites is 2. The van der Waals surface area contributed by atoms with Gasteiger partial charge in [0.05, 0.1) is 19.1 Å². The first kappa shape index (κ1) is 15.7. The van der Waals surface area contributed by atoms with Crippen LogP contribution in [0.5, 0.6) is 5.75 Å². The zero-order valence-electron chi connectivity index (χ0n) is 14.8. The largest absolute Gasteiger partial charge is 0.545 e. The minimum atomic E-state index is -1.12. The van der Waals surface area contributed by atoms with Gasteiger partial charge in [0.1, 0.15) is 5.75 Å². The highest BCUT2D eigenvalue weighted by molar-refractivity contribution is 5.94. The number of nitrogens with one attached hydrogen (secondary N) is 1. The fourth-order valence-electron chi connectivity index (χ4n) is 5.92. The second kappa shape index (κ2) is 5.76. The number of ether oxygens (including phenoxy) is 1. The van der Waals surface area contributed by atoms with Crippen LogP contribution in [0.25, 0.3) is 0 Å². The van der Waals surface area contributed by atoms with Crippen LogP contribution in [0.1, 0.15) is 52.7 Å². The number of hydrogen-bond donors (Lipinski definition) is 1. The van der Waals surface area contributed by atoms with Crippen molar-refractivity contribution in [1.29, 1.82) is 0 Å². The molecule has 134 valence electrons. The molecule has 1 heterocycles. The van der Waals surface area contributed by atoms with Crippen LogP contribution in [-0.2, 0) is 0 Å². The highest BCUT2D eigenvalue weighted by atomic mass is 16.5. The van der Waals surface area contributed by atoms with E-state index in [1.807, 2.05) is 24.3 Å². The number of benzene rings is 2. The van der Waals surface area contributed by atoms with Gasteiger partial charge in [0.2, 0.25) is 0 Å². The number of carboxylic acids is 1. The third-order valence-electron chi connectivity index (χ3n) is 6.82. The summed E-state index contributed by atoms with van der Waals surface area (Å²) in [6.45, 7) is 0. The van der Waals surface area contributed by atoms with Crippen molar-refractivity contribution in [3.8, 4) is 5.75 Å². The molecular formula is C22H22NO3-. The number of aromatic carboxylic acids is 1. The summed E-state index contributed by atoms with van der Waals surface area (Å²) in [7, 11) is 1.69. The van der Waals surface area contributed by atoms with E-state index in [1.165, 1.54) is 19.3 Å². The molecule has 26 heavy (non-hydrogen) atoms. The van der Waals surface area contributed by atoms with E-state index in [0.717, 1.165) is 22.6 Å². The topological polar surface area (TPSA) is 61.4 Å². The Bertz CT molecular complexity index is 877. The fraction of sp³-hybridized carbons (Fsp3) is 0.409. The fourth-order valence-corrected chi connectivity index (χ4v) is 5.92. The van der Waals surface area contributed by atoms with Gasteiger partial charge < -0.3 is 20.0 Å². The first-order valence-electron chi connectivity index (χ1n) is 9.42. The molecule has 1 N–H and O–H groups in total. The average Bonchev–Trinajstić information content (AvgIpc) is 3.29. The van der Waals surface area contributed by atoms with Crippen LogP contribution in [-0.4, -0.2) is 13.1 Å². The van der Waals surface area contributed by atoms with Crippen LogP contribution >= 0.6 is 0 Å². The number of carboxylic acid groups (broad SMARTS) is 1. The van der Waals surface area contributed by atoms with E-state index in [4.69, 9.17) is 4.74 Å². The molecule has 2 aromatic carbocycles. The predicted molar refractivity (Wildman–Crippen MR) is 97.2 cm³/mol. The van der Waals surface area contributed by atoms with Crippen LogP contribution in [0.4, 0.5) is 5.69 Å². The molecule has 0 amide bonds. The van der Waals surface area contributed by atoms with E-state index in [-0.39, 0.29) is 11.6 Å². The van der Waals surface area contributed by atoms with Crippen LogP contribution < -0.4 is 15.2 Å². The molecule has 3 aliphatic rings. The lowest BCUT2D eigenvalue weighted by Crippen LogP contribution is -2.37. The van der Waals surface area contributed by atoms with Gasteiger partial charge in [-0.3, -0.25) is 0 Å². The van der Waals surface area contributed by atoms with Crippen molar-refractivity contribution in [2.45, 2.75) is 31.2 Å². The lowest BCUT2D eigenvalue weighted by molar-refractivity contribution is -0.254. The van der Waals surface area contributed by atoms with E-state index in [2.05, 4.69) is 17.4 Å². The summed E-state index contributed by atoms with van der Waals surface area (Å²) < 4.78 is 5.62. The monoisotopic (exact) mass is 348 g/mol. The highest BCUT2D eigenvalue weighted by Crippen LogP contribution is 2.64. The first-order valence-corrected chi connectivity index (χ1v) is 9.42. The van der Waals surface area contributed by atoms with Gasteiger partial charge in [0.25, 0.3) is 0 Å². The summed E-state index contributed by atoms with van der Waals surface area (Å²) in [5, 5.41) is 15.3. The molecule has 2 bridgehead atoms. The molecule has 4 nitrogen and oxygen atoms in total. The first-order chi connectivity index (χ1) is 12.7. The summed E-state index contributed by atoms with van der Waals surface area (Å²) in [5.41, 5.74) is 3.30. The molecule has 2 aromatic rings. The molecule has 5 rings (SSSR count). The Labute approximate surface area is 153 Å². The quantitative estimate of drug-likeness (QED) is 0.924. The lowest BCUT2D eigenvalue weighted by Gasteiger charge is -2.44. The van der Waals surface area contributed by atoms with Crippen LogP contribution in [0.15, 0.2) is 42.5 Å². The van der Waals surface area contributed by atoms with Crippen molar-refractivity contribution in [3.05, 3.63) is 59.2 Å². The molecule has 0 saturated heterocycles. The summed E-state index contributed by atoms with van der Waals surface area (Å²) in [6.07, 6.45) is 3.77. The molecule has 5 atom stereocenters. The molecule has 1 aliphatic heterocycles. The summed E-state index contributed by atoms with van der Waals surface area (Å²) in [6, 6.07) is 13.8. The molecular weight excluding hydrogens is 326 g/mol. The highest BCUT2D eigenvalue weighted by Gasteiger charge is 2.54. The lowest BCUT2D eigenvalue weighted by atomic mass is 9.67. The number of anilines is 1. The van der Waals surface area contributed by atoms with Crippen molar-refractivity contribution in [2.75, 3.05) is 12.4 Å². The Morgan fingerprint density at radius 1 is 1.08 bits per heavy atom. The molecule has 0 radical (unpaired) electrons. The molecule has 0 aromatic heterocycles. The van der Waals surface area contributed by atoms with Gasteiger partial charge in [0.15, 0.2) is 0 Å². The molecule has 2 aliphatic carbocycles. The third kappa shape index (κ3) is 2.11. The van der Waals surface area contributed by atoms with E-state index in [9.17, 15) is 9.90 Å². The maximum atomic E-state index is 11.7. The Morgan fingerprint density at radius 3 is 2.65 bits per heavy atom. The van der Waals surface area contributed by atoms with Crippen molar-refractivity contribution >= 4 is 11.7 Å². The van der Waals surface area contributed by atoms with Crippen LogP contribution in [0.3, 0.4) is 0 Å². The molecule has 2 saturated carbocycles. The van der Waals surface area contributed by atoms with Crippen molar-refractivity contribution in [1.82, 2.24) is 0 Å². The SMILES string of the molecule is COc1ccccc1[C@@H]1Nc2c(C(=O)[O-])cccc2[C@H]2[C@H]3CC[C@H](C3)[C@@H]21. The Kier molecular flexibility index (Phi) is 3.49. The second-order valence-electron chi connectivity index (χ2n) is 7.86. The zero-order valence-corrected chi connectivity index (χ0v) is 14.8. The summed E-state index contributed by atoms with van der Waals surface area (Å²) in [4.78, 5) is 11.7.